The normalized spacial score (nSPS) is 11.3. The summed E-state index contributed by atoms with van der Waals surface area (Å²) in [7, 11) is 0. The zero-order chi connectivity index (χ0) is 28.6. The number of benzene rings is 8. The average molecular weight is 548 g/mol. The van der Waals surface area contributed by atoms with Crippen LogP contribution in [0.25, 0.3) is 54.6 Å². The van der Waals surface area contributed by atoms with E-state index in [1.807, 2.05) is 0 Å². The summed E-state index contributed by atoms with van der Waals surface area (Å²) < 4.78 is 0. The molecular formula is C42H29N. The standard InChI is InChI=1S/C42H29N/c1-2-11-30(12-3-1)32-25-27-37(28-26-32)43(40-21-9-16-33-14-6-7-19-38(33)40)41-22-10-18-34-17-8-20-39(42(34)41)36-24-23-31-13-4-5-15-35(31)29-36/h1-29H. The van der Waals surface area contributed by atoms with Crippen LogP contribution in [0.4, 0.5) is 17.1 Å². The lowest BCUT2D eigenvalue weighted by atomic mass is 9.94. The Morgan fingerprint density at radius 2 is 0.907 bits per heavy atom. The van der Waals surface area contributed by atoms with Gasteiger partial charge < -0.3 is 4.90 Å². The third kappa shape index (κ3) is 4.52. The molecule has 0 spiro atoms. The maximum absolute atomic E-state index is 2.43. The molecule has 0 aromatic heterocycles. The molecule has 0 aliphatic carbocycles. The molecule has 0 saturated carbocycles. The third-order valence-corrected chi connectivity index (χ3v) is 8.42. The van der Waals surface area contributed by atoms with Gasteiger partial charge in [0, 0.05) is 16.5 Å². The minimum absolute atomic E-state index is 1.12. The van der Waals surface area contributed by atoms with E-state index in [1.165, 1.54) is 54.6 Å². The highest BCUT2D eigenvalue weighted by molar-refractivity contribution is 6.10. The third-order valence-electron chi connectivity index (χ3n) is 8.42. The van der Waals surface area contributed by atoms with E-state index < -0.39 is 0 Å². The summed E-state index contributed by atoms with van der Waals surface area (Å²) >= 11 is 0. The highest BCUT2D eigenvalue weighted by Gasteiger charge is 2.20. The topological polar surface area (TPSA) is 3.24 Å². The second-order valence-electron chi connectivity index (χ2n) is 11.0. The Balaban J connectivity index is 1.39. The Bertz CT molecular complexity index is 2220. The molecule has 0 bridgehead atoms. The average Bonchev–Trinajstić information content (AvgIpc) is 3.09. The predicted molar refractivity (Wildman–Crippen MR) is 185 cm³/mol. The smallest absolute Gasteiger partial charge is 0.0546 e. The number of hydrogen-bond donors (Lipinski definition) is 0. The van der Waals surface area contributed by atoms with E-state index in [0.29, 0.717) is 0 Å². The summed E-state index contributed by atoms with van der Waals surface area (Å²) in [5.41, 5.74) is 8.30. The van der Waals surface area contributed by atoms with E-state index in [2.05, 4.69) is 181 Å². The first-order valence-electron chi connectivity index (χ1n) is 14.8. The maximum Gasteiger partial charge on any atom is 0.0546 e. The van der Waals surface area contributed by atoms with Gasteiger partial charge in [0.05, 0.1) is 11.4 Å². The molecule has 0 amide bonds. The molecule has 0 heterocycles. The molecule has 8 rings (SSSR count). The van der Waals surface area contributed by atoms with Gasteiger partial charge in [0.25, 0.3) is 0 Å². The Morgan fingerprint density at radius 3 is 1.72 bits per heavy atom. The van der Waals surface area contributed by atoms with Crippen molar-refractivity contribution in [2.75, 3.05) is 4.90 Å². The van der Waals surface area contributed by atoms with Gasteiger partial charge in [0.15, 0.2) is 0 Å². The molecule has 8 aromatic rings. The van der Waals surface area contributed by atoms with E-state index in [0.717, 1.165) is 17.1 Å². The molecule has 8 aromatic carbocycles. The Morgan fingerprint density at radius 1 is 0.326 bits per heavy atom. The van der Waals surface area contributed by atoms with Crippen LogP contribution in [0.5, 0.6) is 0 Å². The molecule has 0 unspecified atom stereocenters. The molecule has 0 radical (unpaired) electrons. The molecule has 1 heteroatoms. The highest BCUT2D eigenvalue weighted by atomic mass is 15.1. The van der Waals surface area contributed by atoms with Crippen molar-refractivity contribution in [2.45, 2.75) is 0 Å². The zero-order valence-electron chi connectivity index (χ0n) is 23.7. The van der Waals surface area contributed by atoms with Crippen LogP contribution in [0.15, 0.2) is 176 Å². The number of hydrogen-bond acceptors (Lipinski definition) is 1. The molecule has 0 fully saturated rings. The van der Waals surface area contributed by atoms with Gasteiger partial charge in [-0.05, 0) is 74.1 Å². The number of rotatable bonds is 5. The van der Waals surface area contributed by atoms with Gasteiger partial charge in [-0.2, -0.15) is 0 Å². The van der Waals surface area contributed by atoms with Crippen LogP contribution in [-0.4, -0.2) is 0 Å². The Labute approximate surface area is 251 Å². The number of fused-ring (bicyclic) bond motifs is 3. The van der Waals surface area contributed by atoms with E-state index in [-0.39, 0.29) is 0 Å². The molecular weight excluding hydrogens is 518 g/mol. The van der Waals surface area contributed by atoms with Crippen molar-refractivity contribution in [3.8, 4) is 22.3 Å². The summed E-state index contributed by atoms with van der Waals surface area (Å²) in [6.45, 7) is 0. The lowest BCUT2D eigenvalue weighted by molar-refractivity contribution is 1.31. The molecule has 0 N–H and O–H groups in total. The monoisotopic (exact) mass is 547 g/mol. The van der Waals surface area contributed by atoms with Crippen molar-refractivity contribution < 1.29 is 0 Å². The molecule has 0 saturated heterocycles. The van der Waals surface area contributed by atoms with Crippen LogP contribution in [0, 0.1) is 0 Å². The number of anilines is 3. The zero-order valence-corrected chi connectivity index (χ0v) is 23.7. The van der Waals surface area contributed by atoms with Gasteiger partial charge in [-0.3, -0.25) is 0 Å². The molecule has 0 atom stereocenters. The van der Waals surface area contributed by atoms with Crippen molar-refractivity contribution in [3.63, 3.8) is 0 Å². The fourth-order valence-corrected chi connectivity index (χ4v) is 6.35. The first-order chi connectivity index (χ1) is 21.3. The fourth-order valence-electron chi connectivity index (χ4n) is 6.35. The van der Waals surface area contributed by atoms with Gasteiger partial charge in [-0.15, -0.1) is 0 Å². The van der Waals surface area contributed by atoms with Crippen LogP contribution < -0.4 is 4.90 Å². The quantitative estimate of drug-likeness (QED) is 0.207. The molecule has 43 heavy (non-hydrogen) atoms. The fraction of sp³-hybridized carbons (Fsp3) is 0. The highest BCUT2D eigenvalue weighted by Crippen LogP contribution is 2.45. The summed E-state index contributed by atoms with van der Waals surface area (Å²) in [5.74, 6) is 0. The Hall–Kier alpha value is -5.66. The summed E-state index contributed by atoms with van der Waals surface area (Å²) in [5, 5.41) is 7.40. The van der Waals surface area contributed by atoms with Crippen LogP contribution in [0.2, 0.25) is 0 Å². The minimum Gasteiger partial charge on any atom is -0.309 e. The lowest BCUT2D eigenvalue weighted by Gasteiger charge is -2.29. The molecule has 202 valence electrons. The lowest BCUT2D eigenvalue weighted by Crippen LogP contribution is -2.11. The molecule has 0 aliphatic rings. The van der Waals surface area contributed by atoms with Crippen molar-refractivity contribution in [1.29, 1.82) is 0 Å². The van der Waals surface area contributed by atoms with Crippen molar-refractivity contribution in [3.05, 3.63) is 176 Å². The first-order valence-corrected chi connectivity index (χ1v) is 14.8. The predicted octanol–water partition coefficient (Wildman–Crippen LogP) is 11.9. The van der Waals surface area contributed by atoms with E-state index >= 15 is 0 Å². The van der Waals surface area contributed by atoms with Gasteiger partial charge >= 0.3 is 0 Å². The van der Waals surface area contributed by atoms with Crippen molar-refractivity contribution in [2.24, 2.45) is 0 Å². The Kier molecular flexibility index (Phi) is 6.20. The van der Waals surface area contributed by atoms with Gasteiger partial charge in [0.1, 0.15) is 0 Å². The molecule has 0 aliphatic heterocycles. The second-order valence-corrected chi connectivity index (χ2v) is 11.0. The summed E-state index contributed by atoms with van der Waals surface area (Å²) in [6.07, 6.45) is 0. The van der Waals surface area contributed by atoms with Gasteiger partial charge in [-0.1, -0.05) is 146 Å². The van der Waals surface area contributed by atoms with Crippen molar-refractivity contribution >= 4 is 49.4 Å². The van der Waals surface area contributed by atoms with Crippen LogP contribution in [0.3, 0.4) is 0 Å². The van der Waals surface area contributed by atoms with Gasteiger partial charge in [-0.25, -0.2) is 0 Å². The van der Waals surface area contributed by atoms with Crippen LogP contribution in [-0.2, 0) is 0 Å². The number of nitrogens with zero attached hydrogens (tertiary/aromatic N) is 1. The minimum atomic E-state index is 1.12. The first kappa shape index (κ1) is 25.1. The van der Waals surface area contributed by atoms with Crippen LogP contribution >= 0.6 is 0 Å². The van der Waals surface area contributed by atoms with Crippen molar-refractivity contribution in [1.82, 2.24) is 0 Å². The van der Waals surface area contributed by atoms with E-state index in [1.54, 1.807) is 0 Å². The van der Waals surface area contributed by atoms with Gasteiger partial charge in [0.2, 0.25) is 0 Å². The van der Waals surface area contributed by atoms with E-state index in [9.17, 15) is 0 Å². The van der Waals surface area contributed by atoms with Crippen LogP contribution in [0.1, 0.15) is 0 Å². The molecule has 1 nitrogen and oxygen atoms in total. The largest absolute Gasteiger partial charge is 0.309 e. The maximum atomic E-state index is 2.43. The SMILES string of the molecule is c1ccc(-c2ccc(N(c3cccc4ccccc34)c3cccc4cccc(-c5ccc6ccccc6c5)c34)cc2)cc1. The van der Waals surface area contributed by atoms with E-state index in [4.69, 9.17) is 0 Å². The summed E-state index contributed by atoms with van der Waals surface area (Å²) in [6, 6.07) is 63.5. The second kappa shape index (κ2) is 10.6. The summed E-state index contributed by atoms with van der Waals surface area (Å²) in [4.78, 5) is 2.43.